The van der Waals surface area contributed by atoms with Crippen LogP contribution in [0.1, 0.15) is 45.4 Å². The minimum absolute atomic E-state index is 0.00289. The Bertz CT molecular complexity index is 490. The van der Waals surface area contributed by atoms with E-state index in [2.05, 4.69) is 35.1 Å². The van der Waals surface area contributed by atoms with E-state index in [1.807, 2.05) is 13.0 Å². The van der Waals surface area contributed by atoms with Crippen LogP contribution in [0.2, 0.25) is 0 Å². The Morgan fingerprint density at radius 3 is 2.75 bits per heavy atom. The Labute approximate surface area is 121 Å². The summed E-state index contributed by atoms with van der Waals surface area (Å²) >= 11 is 0. The molecule has 1 aromatic heterocycles. The van der Waals surface area contributed by atoms with E-state index >= 15 is 0 Å². The maximum absolute atomic E-state index is 9.00. The first-order valence-corrected chi connectivity index (χ1v) is 7.45. The van der Waals surface area contributed by atoms with Gasteiger partial charge in [0.25, 0.3) is 0 Å². The first-order chi connectivity index (χ1) is 9.67. The summed E-state index contributed by atoms with van der Waals surface area (Å²) in [5.74, 6) is 3.29. The normalized spacial score (nSPS) is 15.5. The molecular formula is C15H23N5. The van der Waals surface area contributed by atoms with Crippen LogP contribution in [0.3, 0.4) is 0 Å². The van der Waals surface area contributed by atoms with Crippen LogP contribution in [-0.2, 0) is 0 Å². The van der Waals surface area contributed by atoms with Crippen molar-refractivity contribution < 1.29 is 0 Å². The van der Waals surface area contributed by atoms with Crippen LogP contribution in [-0.4, -0.2) is 29.6 Å². The third-order valence-corrected chi connectivity index (χ3v) is 3.45. The van der Waals surface area contributed by atoms with Gasteiger partial charge < -0.3 is 10.2 Å². The fourth-order valence-electron chi connectivity index (χ4n) is 2.17. The van der Waals surface area contributed by atoms with Gasteiger partial charge in [0.15, 0.2) is 0 Å². The summed E-state index contributed by atoms with van der Waals surface area (Å²) in [6.07, 6.45) is 2.38. The predicted molar refractivity (Wildman–Crippen MR) is 80.8 cm³/mol. The summed E-state index contributed by atoms with van der Waals surface area (Å²) < 4.78 is 0. The summed E-state index contributed by atoms with van der Waals surface area (Å²) in [5.41, 5.74) is 0. The van der Waals surface area contributed by atoms with Crippen LogP contribution in [0.25, 0.3) is 0 Å². The Morgan fingerprint density at radius 2 is 2.20 bits per heavy atom. The van der Waals surface area contributed by atoms with Gasteiger partial charge in [0.2, 0.25) is 0 Å². The summed E-state index contributed by atoms with van der Waals surface area (Å²) in [6, 6.07) is 4.28. The molecule has 2 rings (SSSR count). The molecule has 108 valence electrons. The molecule has 0 aromatic carbocycles. The molecule has 1 N–H and O–H groups in total. The van der Waals surface area contributed by atoms with Crippen molar-refractivity contribution in [2.45, 2.75) is 39.5 Å². The molecule has 0 aliphatic heterocycles. The Hall–Kier alpha value is -1.83. The third-order valence-electron chi connectivity index (χ3n) is 3.45. The van der Waals surface area contributed by atoms with Gasteiger partial charge >= 0.3 is 0 Å². The molecule has 5 heteroatoms. The maximum atomic E-state index is 9.00. The quantitative estimate of drug-likeness (QED) is 0.827. The second kappa shape index (κ2) is 6.56. The van der Waals surface area contributed by atoms with Crippen LogP contribution in [0.15, 0.2) is 6.07 Å². The average Bonchev–Trinajstić information content (AvgIpc) is 3.29. The molecule has 5 nitrogen and oxygen atoms in total. The Kier molecular flexibility index (Phi) is 4.78. The third kappa shape index (κ3) is 3.60. The molecule has 1 unspecified atom stereocenters. The highest BCUT2D eigenvalue weighted by molar-refractivity contribution is 5.50. The molecule has 0 saturated heterocycles. The van der Waals surface area contributed by atoms with Crippen molar-refractivity contribution in [2.24, 2.45) is 5.92 Å². The smallest absolute Gasteiger partial charge is 0.136 e. The topological polar surface area (TPSA) is 64.8 Å². The van der Waals surface area contributed by atoms with E-state index in [0.717, 1.165) is 30.5 Å². The Balaban J connectivity index is 2.25. The van der Waals surface area contributed by atoms with E-state index in [0.29, 0.717) is 12.5 Å². The molecule has 0 amide bonds. The predicted octanol–water partition coefficient (Wildman–Crippen LogP) is 2.77. The van der Waals surface area contributed by atoms with Crippen molar-refractivity contribution in [3.8, 4) is 6.07 Å². The first kappa shape index (κ1) is 14.6. The summed E-state index contributed by atoms with van der Waals surface area (Å²) in [7, 11) is 0. The molecular weight excluding hydrogens is 250 g/mol. The van der Waals surface area contributed by atoms with Crippen molar-refractivity contribution in [3.05, 3.63) is 11.9 Å². The molecule has 1 aliphatic rings. The van der Waals surface area contributed by atoms with Crippen molar-refractivity contribution in [2.75, 3.05) is 29.9 Å². The summed E-state index contributed by atoms with van der Waals surface area (Å²) in [4.78, 5) is 11.4. The number of nitriles is 1. The lowest BCUT2D eigenvalue weighted by Crippen LogP contribution is -2.29. The molecule has 1 atom stereocenters. The monoisotopic (exact) mass is 273 g/mol. The molecule has 1 aromatic rings. The molecule has 0 spiro atoms. The van der Waals surface area contributed by atoms with Crippen molar-refractivity contribution in [3.63, 3.8) is 0 Å². The number of nitrogens with one attached hydrogen (secondary N) is 1. The van der Waals surface area contributed by atoms with Crippen LogP contribution >= 0.6 is 0 Å². The zero-order valence-corrected chi connectivity index (χ0v) is 12.6. The zero-order chi connectivity index (χ0) is 14.5. The first-order valence-electron chi connectivity index (χ1n) is 7.45. The average molecular weight is 273 g/mol. The van der Waals surface area contributed by atoms with E-state index in [1.165, 1.54) is 12.8 Å². The highest BCUT2D eigenvalue weighted by atomic mass is 15.2. The van der Waals surface area contributed by atoms with Crippen LogP contribution in [0.4, 0.5) is 11.6 Å². The van der Waals surface area contributed by atoms with Crippen LogP contribution in [0.5, 0.6) is 0 Å². The molecule has 1 fully saturated rings. The summed E-state index contributed by atoms with van der Waals surface area (Å²) in [5, 5.41) is 12.3. The number of nitrogens with zero attached hydrogens (tertiary/aromatic N) is 4. The summed E-state index contributed by atoms with van der Waals surface area (Å²) in [6.45, 7) is 8.50. The molecule has 1 saturated carbocycles. The van der Waals surface area contributed by atoms with Crippen LogP contribution < -0.4 is 10.2 Å². The van der Waals surface area contributed by atoms with Crippen molar-refractivity contribution in [1.82, 2.24) is 9.97 Å². The molecule has 1 heterocycles. The minimum Gasteiger partial charge on any atom is -0.370 e. The zero-order valence-electron chi connectivity index (χ0n) is 12.6. The second-order valence-corrected chi connectivity index (χ2v) is 5.34. The SMILES string of the molecule is CCNc1cc(N(CC)CC(C)C#N)nc(C2CC2)n1. The molecule has 20 heavy (non-hydrogen) atoms. The molecule has 0 bridgehead atoms. The van der Waals surface area contributed by atoms with Gasteiger partial charge in [-0.1, -0.05) is 0 Å². The van der Waals surface area contributed by atoms with Crippen LogP contribution in [0, 0.1) is 17.2 Å². The second-order valence-electron chi connectivity index (χ2n) is 5.34. The van der Waals surface area contributed by atoms with E-state index in [-0.39, 0.29) is 5.92 Å². The number of hydrogen-bond donors (Lipinski definition) is 1. The number of anilines is 2. The van der Waals surface area contributed by atoms with E-state index in [9.17, 15) is 0 Å². The van der Waals surface area contributed by atoms with Gasteiger partial charge in [0.05, 0.1) is 12.0 Å². The van der Waals surface area contributed by atoms with Gasteiger partial charge in [-0.25, -0.2) is 9.97 Å². The molecule has 1 aliphatic carbocycles. The van der Waals surface area contributed by atoms with Gasteiger partial charge in [0, 0.05) is 31.6 Å². The fraction of sp³-hybridized carbons (Fsp3) is 0.667. The van der Waals surface area contributed by atoms with Gasteiger partial charge in [-0.15, -0.1) is 0 Å². The highest BCUT2D eigenvalue weighted by Crippen LogP contribution is 2.39. The largest absolute Gasteiger partial charge is 0.370 e. The lowest BCUT2D eigenvalue weighted by Gasteiger charge is -2.24. The lowest BCUT2D eigenvalue weighted by atomic mass is 10.2. The standard InChI is InChI=1S/C15H23N5/c1-4-17-13-8-14(19-15(18-13)12-6-7-12)20(5-2)10-11(3)9-16/h8,11-12H,4-7,10H2,1-3H3,(H,17,18,19). The maximum Gasteiger partial charge on any atom is 0.136 e. The lowest BCUT2D eigenvalue weighted by molar-refractivity contribution is 0.676. The van der Waals surface area contributed by atoms with Gasteiger partial charge in [-0.3, -0.25) is 0 Å². The van der Waals surface area contributed by atoms with Crippen molar-refractivity contribution >= 4 is 11.6 Å². The van der Waals surface area contributed by atoms with Crippen molar-refractivity contribution in [1.29, 1.82) is 5.26 Å². The number of rotatable bonds is 7. The number of hydrogen-bond acceptors (Lipinski definition) is 5. The minimum atomic E-state index is -0.00289. The van der Waals surface area contributed by atoms with E-state index in [1.54, 1.807) is 0 Å². The van der Waals surface area contributed by atoms with Gasteiger partial charge in [-0.2, -0.15) is 5.26 Å². The molecule has 0 radical (unpaired) electrons. The fourth-order valence-corrected chi connectivity index (χ4v) is 2.17. The van der Waals surface area contributed by atoms with Gasteiger partial charge in [-0.05, 0) is 33.6 Å². The number of aromatic nitrogens is 2. The van der Waals surface area contributed by atoms with Gasteiger partial charge in [0.1, 0.15) is 17.5 Å². The van der Waals surface area contributed by atoms with E-state index < -0.39 is 0 Å². The highest BCUT2D eigenvalue weighted by Gasteiger charge is 2.28. The van der Waals surface area contributed by atoms with E-state index in [4.69, 9.17) is 10.2 Å². The Morgan fingerprint density at radius 1 is 1.45 bits per heavy atom.